The van der Waals surface area contributed by atoms with E-state index < -0.39 is 0 Å². The Morgan fingerprint density at radius 2 is 2.00 bits per heavy atom. The van der Waals surface area contributed by atoms with E-state index in [9.17, 15) is 4.79 Å². The van der Waals surface area contributed by atoms with Gasteiger partial charge in [0.05, 0.1) is 11.4 Å². The summed E-state index contributed by atoms with van der Waals surface area (Å²) in [7, 11) is 1.85. The highest BCUT2D eigenvalue weighted by molar-refractivity contribution is 5.75. The summed E-state index contributed by atoms with van der Waals surface area (Å²) in [6, 6.07) is 10.2. The van der Waals surface area contributed by atoms with Gasteiger partial charge in [-0.15, -0.1) is 0 Å². The second kappa shape index (κ2) is 7.56. The van der Waals surface area contributed by atoms with E-state index in [2.05, 4.69) is 22.2 Å². The molecule has 0 aliphatic heterocycles. The standard InChI is InChI=1S/C20H25N5O/c1-15-12-16(2)25(22-15)19-7-5-6-18(13-19)14-23(4)20(26)8-10-24-11-9-21-17(24)3/h5-7,9,11-13H,8,10,14H2,1-4H3. The molecule has 0 N–H and O–H groups in total. The molecule has 0 atom stereocenters. The molecule has 136 valence electrons. The topological polar surface area (TPSA) is 56.0 Å². The van der Waals surface area contributed by atoms with Crippen LogP contribution in [-0.4, -0.2) is 37.2 Å². The fourth-order valence-corrected chi connectivity index (χ4v) is 3.09. The number of aromatic nitrogens is 4. The molecule has 6 nitrogen and oxygen atoms in total. The van der Waals surface area contributed by atoms with Crippen LogP contribution in [0.25, 0.3) is 5.69 Å². The van der Waals surface area contributed by atoms with E-state index in [1.54, 1.807) is 11.1 Å². The zero-order valence-corrected chi connectivity index (χ0v) is 15.8. The summed E-state index contributed by atoms with van der Waals surface area (Å²) in [5.74, 6) is 1.05. The first kappa shape index (κ1) is 17.9. The highest BCUT2D eigenvalue weighted by atomic mass is 16.2. The Balaban J connectivity index is 1.64. The molecule has 1 aromatic carbocycles. The van der Waals surface area contributed by atoms with Crippen LogP contribution in [0, 0.1) is 20.8 Å². The number of amides is 1. The van der Waals surface area contributed by atoms with E-state index in [0.717, 1.165) is 28.5 Å². The minimum absolute atomic E-state index is 0.120. The molecule has 2 heterocycles. The monoisotopic (exact) mass is 351 g/mol. The fourth-order valence-electron chi connectivity index (χ4n) is 3.09. The van der Waals surface area contributed by atoms with E-state index in [-0.39, 0.29) is 5.91 Å². The SMILES string of the molecule is Cc1cc(C)n(-c2cccc(CN(C)C(=O)CCn3ccnc3C)c2)n1. The number of carbonyl (C=O) groups is 1. The molecule has 0 aliphatic carbocycles. The van der Waals surface area contributed by atoms with Crippen molar-refractivity contribution in [3.8, 4) is 5.69 Å². The molecule has 0 bridgehead atoms. The summed E-state index contributed by atoms with van der Waals surface area (Å²) in [6.45, 7) is 7.20. The fraction of sp³-hybridized carbons (Fsp3) is 0.350. The number of carbonyl (C=O) groups excluding carboxylic acids is 1. The number of benzene rings is 1. The van der Waals surface area contributed by atoms with E-state index in [0.29, 0.717) is 19.5 Å². The van der Waals surface area contributed by atoms with Crippen LogP contribution >= 0.6 is 0 Å². The molecule has 0 spiro atoms. The highest BCUT2D eigenvalue weighted by Crippen LogP contribution is 2.15. The molecule has 0 fully saturated rings. The molecule has 6 heteroatoms. The lowest BCUT2D eigenvalue weighted by atomic mass is 10.2. The van der Waals surface area contributed by atoms with Gasteiger partial charge in [-0.05, 0) is 44.5 Å². The third-order valence-corrected chi connectivity index (χ3v) is 4.50. The van der Waals surface area contributed by atoms with Crippen molar-refractivity contribution in [2.45, 2.75) is 40.3 Å². The second-order valence-electron chi connectivity index (χ2n) is 6.68. The molecular weight excluding hydrogens is 326 g/mol. The Labute approximate surface area is 154 Å². The van der Waals surface area contributed by atoms with Gasteiger partial charge in [0.1, 0.15) is 5.82 Å². The maximum absolute atomic E-state index is 12.4. The van der Waals surface area contributed by atoms with E-state index >= 15 is 0 Å². The molecule has 0 unspecified atom stereocenters. The summed E-state index contributed by atoms with van der Waals surface area (Å²) in [6.07, 6.45) is 4.12. The van der Waals surface area contributed by atoms with Gasteiger partial charge in [-0.3, -0.25) is 4.79 Å². The minimum Gasteiger partial charge on any atom is -0.341 e. The van der Waals surface area contributed by atoms with Gasteiger partial charge in [0, 0.05) is 44.6 Å². The maximum Gasteiger partial charge on any atom is 0.224 e. The first-order valence-electron chi connectivity index (χ1n) is 8.78. The van der Waals surface area contributed by atoms with Crippen molar-refractivity contribution in [2.24, 2.45) is 0 Å². The molecule has 0 radical (unpaired) electrons. The smallest absolute Gasteiger partial charge is 0.224 e. The molecule has 26 heavy (non-hydrogen) atoms. The lowest BCUT2D eigenvalue weighted by Gasteiger charge is -2.18. The van der Waals surface area contributed by atoms with Crippen molar-refractivity contribution in [3.05, 3.63) is 65.5 Å². The van der Waals surface area contributed by atoms with Crippen molar-refractivity contribution in [1.82, 2.24) is 24.2 Å². The third-order valence-electron chi connectivity index (χ3n) is 4.50. The Morgan fingerprint density at radius 3 is 2.65 bits per heavy atom. The summed E-state index contributed by atoms with van der Waals surface area (Å²) in [4.78, 5) is 18.4. The van der Waals surface area contributed by atoms with Gasteiger partial charge in [-0.2, -0.15) is 5.10 Å². The van der Waals surface area contributed by atoms with Gasteiger partial charge in [0.25, 0.3) is 0 Å². The molecule has 0 saturated heterocycles. The Hall–Kier alpha value is -2.89. The van der Waals surface area contributed by atoms with Crippen LogP contribution in [0.4, 0.5) is 0 Å². The largest absolute Gasteiger partial charge is 0.341 e. The first-order chi connectivity index (χ1) is 12.4. The van der Waals surface area contributed by atoms with E-state index in [1.807, 2.05) is 61.5 Å². The summed E-state index contributed by atoms with van der Waals surface area (Å²) in [5.41, 5.74) is 4.20. The van der Waals surface area contributed by atoms with Crippen molar-refractivity contribution >= 4 is 5.91 Å². The van der Waals surface area contributed by atoms with Crippen molar-refractivity contribution in [3.63, 3.8) is 0 Å². The van der Waals surface area contributed by atoms with Crippen molar-refractivity contribution < 1.29 is 4.79 Å². The number of hydrogen-bond donors (Lipinski definition) is 0. The van der Waals surface area contributed by atoms with Crippen LogP contribution in [-0.2, 0) is 17.9 Å². The summed E-state index contributed by atoms with van der Waals surface area (Å²) < 4.78 is 3.93. The molecule has 0 saturated carbocycles. The van der Waals surface area contributed by atoms with Crippen LogP contribution in [0.2, 0.25) is 0 Å². The van der Waals surface area contributed by atoms with Crippen LogP contribution in [0.15, 0.2) is 42.7 Å². The van der Waals surface area contributed by atoms with Gasteiger partial charge in [-0.1, -0.05) is 12.1 Å². The average Bonchev–Trinajstić information content (AvgIpc) is 3.17. The van der Waals surface area contributed by atoms with Crippen molar-refractivity contribution in [1.29, 1.82) is 0 Å². The number of aryl methyl sites for hydroxylation is 4. The van der Waals surface area contributed by atoms with Gasteiger partial charge in [0.2, 0.25) is 5.91 Å². The average molecular weight is 351 g/mol. The summed E-state index contributed by atoms with van der Waals surface area (Å²) >= 11 is 0. The number of rotatable bonds is 6. The van der Waals surface area contributed by atoms with E-state index in [4.69, 9.17) is 0 Å². The normalized spacial score (nSPS) is 10.9. The number of imidazole rings is 1. The highest BCUT2D eigenvalue weighted by Gasteiger charge is 2.11. The number of hydrogen-bond acceptors (Lipinski definition) is 3. The molecule has 3 rings (SSSR count). The molecule has 2 aromatic heterocycles. The van der Waals surface area contributed by atoms with Crippen LogP contribution in [0.3, 0.4) is 0 Å². The zero-order chi connectivity index (χ0) is 18.7. The van der Waals surface area contributed by atoms with Crippen molar-refractivity contribution in [2.75, 3.05) is 7.05 Å². The van der Waals surface area contributed by atoms with Gasteiger partial charge >= 0.3 is 0 Å². The zero-order valence-electron chi connectivity index (χ0n) is 15.8. The minimum atomic E-state index is 0.120. The Bertz CT molecular complexity index is 909. The first-order valence-corrected chi connectivity index (χ1v) is 8.78. The predicted molar refractivity (Wildman–Crippen MR) is 101 cm³/mol. The lowest BCUT2D eigenvalue weighted by Crippen LogP contribution is -2.27. The third kappa shape index (κ3) is 4.02. The van der Waals surface area contributed by atoms with Crippen LogP contribution < -0.4 is 0 Å². The van der Waals surface area contributed by atoms with Crippen LogP contribution in [0.5, 0.6) is 0 Å². The quantitative estimate of drug-likeness (QED) is 0.686. The predicted octanol–water partition coefficient (Wildman–Crippen LogP) is 3.04. The Morgan fingerprint density at radius 1 is 1.19 bits per heavy atom. The molecular formula is C20H25N5O. The molecule has 1 amide bonds. The second-order valence-corrected chi connectivity index (χ2v) is 6.68. The van der Waals surface area contributed by atoms with Crippen LogP contribution in [0.1, 0.15) is 29.2 Å². The van der Waals surface area contributed by atoms with Gasteiger partial charge in [0.15, 0.2) is 0 Å². The molecule has 0 aliphatic rings. The lowest BCUT2D eigenvalue weighted by molar-refractivity contribution is -0.130. The Kier molecular flexibility index (Phi) is 5.21. The van der Waals surface area contributed by atoms with Gasteiger partial charge in [-0.25, -0.2) is 9.67 Å². The van der Waals surface area contributed by atoms with Gasteiger partial charge < -0.3 is 9.47 Å². The number of nitrogens with zero attached hydrogens (tertiary/aromatic N) is 5. The summed E-state index contributed by atoms with van der Waals surface area (Å²) in [5, 5.41) is 4.53. The maximum atomic E-state index is 12.4. The molecule has 3 aromatic rings. The van der Waals surface area contributed by atoms with E-state index in [1.165, 1.54) is 0 Å².